The fourth-order valence-corrected chi connectivity index (χ4v) is 2.11. The van der Waals surface area contributed by atoms with Gasteiger partial charge in [0, 0.05) is 23.4 Å². The molecule has 5 heteroatoms. The molecule has 21 heavy (non-hydrogen) atoms. The van der Waals surface area contributed by atoms with Crippen LogP contribution in [0.1, 0.15) is 28.4 Å². The molecule has 0 radical (unpaired) electrons. The van der Waals surface area contributed by atoms with Crippen molar-refractivity contribution < 1.29 is 9.72 Å². The molecule has 5 nitrogen and oxygen atoms in total. The number of benzene rings is 1. The number of aromatic nitrogens is 1. The Morgan fingerprint density at radius 3 is 2.67 bits per heavy atom. The number of rotatable bonds is 4. The van der Waals surface area contributed by atoms with Gasteiger partial charge >= 0.3 is 0 Å². The highest BCUT2D eigenvalue weighted by molar-refractivity contribution is 5.95. The largest absolute Gasteiger partial charge is 0.295 e. The Morgan fingerprint density at radius 2 is 2.10 bits per heavy atom. The molecule has 0 aliphatic heterocycles. The van der Waals surface area contributed by atoms with Gasteiger partial charge in [0.2, 0.25) is 0 Å². The smallest absolute Gasteiger partial charge is 0.277 e. The van der Waals surface area contributed by atoms with Gasteiger partial charge in [-0.05, 0) is 37.6 Å². The Labute approximate surface area is 122 Å². The highest BCUT2D eigenvalue weighted by Crippen LogP contribution is 2.30. The molecule has 0 atom stereocenters. The lowest BCUT2D eigenvalue weighted by Gasteiger charge is -2.08. The Bertz CT molecular complexity index is 751. The third-order valence-electron chi connectivity index (χ3n) is 3.23. The lowest BCUT2D eigenvalue weighted by molar-refractivity contribution is -0.385. The number of nitrogens with zero attached hydrogens (tertiary/aromatic N) is 2. The molecule has 1 heterocycles. The lowest BCUT2D eigenvalue weighted by Crippen LogP contribution is -1.98. The van der Waals surface area contributed by atoms with Crippen molar-refractivity contribution in [1.29, 1.82) is 0 Å². The standard InChI is InChI=1S/C16H14N2O3/c1-4-12-7-10(2)14(9-16(12)18(20)21)15-8-13(11(3)19)5-6-17-15/h4-9H,1H2,2-3H3. The molecule has 0 amide bonds. The molecule has 0 bridgehead atoms. The number of pyridine rings is 1. The van der Waals surface area contributed by atoms with E-state index in [-0.39, 0.29) is 11.5 Å². The van der Waals surface area contributed by atoms with Crippen LogP contribution in [0.5, 0.6) is 0 Å². The van der Waals surface area contributed by atoms with Crippen LogP contribution >= 0.6 is 0 Å². The summed E-state index contributed by atoms with van der Waals surface area (Å²) in [6.07, 6.45) is 2.98. The number of carbonyl (C=O) groups is 1. The zero-order chi connectivity index (χ0) is 15.6. The summed E-state index contributed by atoms with van der Waals surface area (Å²) in [7, 11) is 0. The van der Waals surface area contributed by atoms with Gasteiger partial charge in [0.25, 0.3) is 5.69 Å². The average Bonchev–Trinajstić information content (AvgIpc) is 2.46. The lowest BCUT2D eigenvalue weighted by atomic mass is 9.99. The van der Waals surface area contributed by atoms with Gasteiger partial charge in [-0.15, -0.1) is 0 Å². The Morgan fingerprint density at radius 1 is 1.38 bits per heavy atom. The summed E-state index contributed by atoms with van der Waals surface area (Å²) in [6.45, 7) is 6.90. The van der Waals surface area contributed by atoms with Crippen molar-refractivity contribution in [3.8, 4) is 11.3 Å². The van der Waals surface area contributed by atoms with Gasteiger partial charge in [-0.3, -0.25) is 19.9 Å². The fourth-order valence-electron chi connectivity index (χ4n) is 2.11. The van der Waals surface area contributed by atoms with Crippen molar-refractivity contribution in [3.05, 3.63) is 63.8 Å². The Hall–Kier alpha value is -2.82. The third kappa shape index (κ3) is 2.86. The van der Waals surface area contributed by atoms with Crippen LogP contribution in [-0.2, 0) is 0 Å². The van der Waals surface area contributed by atoms with Gasteiger partial charge < -0.3 is 0 Å². The summed E-state index contributed by atoms with van der Waals surface area (Å²) < 4.78 is 0. The van der Waals surface area contributed by atoms with E-state index in [0.29, 0.717) is 22.4 Å². The summed E-state index contributed by atoms with van der Waals surface area (Å²) in [4.78, 5) is 26.3. The maximum absolute atomic E-state index is 11.4. The molecule has 0 spiro atoms. The number of Topliss-reactive ketones (excluding diaryl/α,β-unsaturated/α-hetero) is 1. The van der Waals surface area contributed by atoms with E-state index in [2.05, 4.69) is 11.6 Å². The van der Waals surface area contributed by atoms with Crippen molar-refractivity contribution in [2.45, 2.75) is 13.8 Å². The predicted octanol–water partition coefficient (Wildman–Crippen LogP) is 3.81. The highest BCUT2D eigenvalue weighted by atomic mass is 16.6. The minimum Gasteiger partial charge on any atom is -0.295 e. The van der Waals surface area contributed by atoms with Crippen molar-refractivity contribution in [2.24, 2.45) is 0 Å². The van der Waals surface area contributed by atoms with Crippen LogP contribution in [0.15, 0.2) is 37.0 Å². The summed E-state index contributed by atoms with van der Waals surface area (Å²) in [5.74, 6) is -0.0754. The fraction of sp³-hybridized carbons (Fsp3) is 0.125. The summed E-state index contributed by atoms with van der Waals surface area (Å²) >= 11 is 0. The summed E-state index contributed by atoms with van der Waals surface area (Å²) in [5, 5.41) is 11.1. The van der Waals surface area contributed by atoms with E-state index < -0.39 is 4.92 Å². The first-order valence-corrected chi connectivity index (χ1v) is 6.33. The molecule has 0 aliphatic rings. The topological polar surface area (TPSA) is 73.1 Å². The van der Waals surface area contributed by atoms with Gasteiger partial charge in [0.15, 0.2) is 5.78 Å². The molecule has 1 aromatic carbocycles. The molecular formula is C16H14N2O3. The van der Waals surface area contributed by atoms with Gasteiger partial charge in [0.05, 0.1) is 16.2 Å². The van der Waals surface area contributed by atoms with E-state index in [1.807, 2.05) is 6.92 Å². The van der Waals surface area contributed by atoms with E-state index >= 15 is 0 Å². The molecule has 0 aliphatic carbocycles. The Balaban J connectivity index is 2.66. The van der Waals surface area contributed by atoms with Crippen LogP contribution < -0.4 is 0 Å². The molecule has 0 unspecified atom stereocenters. The van der Waals surface area contributed by atoms with Crippen LogP contribution in [-0.4, -0.2) is 15.7 Å². The molecule has 0 fully saturated rings. The van der Waals surface area contributed by atoms with Crippen LogP contribution in [0, 0.1) is 17.0 Å². The van der Waals surface area contributed by atoms with Gasteiger partial charge in [-0.25, -0.2) is 0 Å². The molecule has 2 rings (SSSR count). The molecule has 2 aromatic rings. The normalized spacial score (nSPS) is 10.2. The van der Waals surface area contributed by atoms with Crippen molar-refractivity contribution in [3.63, 3.8) is 0 Å². The number of carbonyl (C=O) groups excluding carboxylic acids is 1. The maximum atomic E-state index is 11.4. The van der Waals surface area contributed by atoms with E-state index in [0.717, 1.165) is 5.56 Å². The van der Waals surface area contributed by atoms with E-state index in [9.17, 15) is 14.9 Å². The van der Waals surface area contributed by atoms with E-state index in [1.54, 1.807) is 18.2 Å². The number of aryl methyl sites for hydroxylation is 1. The monoisotopic (exact) mass is 282 g/mol. The number of nitro benzene ring substituents is 1. The SMILES string of the molecule is C=Cc1cc(C)c(-c2cc(C(C)=O)ccn2)cc1[N+](=O)[O-]. The molecule has 0 N–H and O–H groups in total. The zero-order valence-corrected chi connectivity index (χ0v) is 11.8. The van der Waals surface area contributed by atoms with Crippen LogP contribution in [0.4, 0.5) is 5.69 Å². The molecule has 0 saturated carbocycles. The number of nitro groups is 1. The molecular weight excluding hydrogens is 268 g/mol. The highest BCUT2D eigenvalue weighted by Gasteiger charge is 2.16. The summed E-state index contributed by atoms with van der Waals surface area (Å²) in [5.41, 5.74) is 2.97. The van der Waals surface area contributed by atoms with Crippen molar-refractivity contribution >= 4 is 17.5 Å². The minimum atomic E-state index is -0.450. The van der Waals surface area contributed by atoms with Gasteiger partial charge in [-0.1, -0.05) is 12.7 Å². The van der Waals surface area contributed by atoms with E-state index in [1.165, 1.54) is 25.3 Å². The molecule has 106 valence electrons. The first-order valence-electron chi connectivity index (χ1n) is 6.33. The number of hydrogen-bond donors (Lipinski definition) is 0. The van der Waals surface area contributed by atoms with Gasteiger partial charge in [0.1, 0.15) is 0 Å². The first kappa shape index (κ1) is 14.6. The van der Waals surface area contributed by atoms with Crippen molar-refractivity contribution in [2.75, 3.05) is 0 Å². The second-order valence-corrected chi connectivity index (χ2v) is 4.67. The van der Waals surface area contributed by atoms with Crippen LogP contribution in [0.25, 0.3) is 17.3 Å². The second-order valence-electron chi connectivity index (χ2n) is 4.67. The average molecular weight is 282 g/mol. The van der Waals surface area contributed by atoms with E-state index in [4.69, 9.17) is 0 Å². The second kappa shape index (κ2) is 5.66. The third-order valence-corrected chi connectivity index (χ3v) is 3.23. The maximum Gasteiger partial charge on any atom is 0.277 e. The predicted molar refractivity (Wildman–Crippen MR) is 81.2 cm³/mol. The zero-order valence-electron chi connectivity index (χ0n) is 11.8. The Kier molecular flexibility index (Phi) is 3.93. The minimum absolute atomic E-state index is 0.0272. The molecule has 0 saturated heterocycles. The van der Waals surface area contributed by atoms with Gasteiger partial charge in [-0.2, -0.15) is 0 Å². The number of hydrogen-bond acceptors (Lipinski definition) is 4. The van der Waals surface area contributed by atoms with Crippen LogP contribution in [0.3, 0.4) is 0 Å². The van der Waals surface area contributed by atoms with Crippen LogP contribution in [0.2, 0.25) is 0 Å². The quantitative estimate of drug-likeness (QED) is 0.485. The summed E-state index contributed by atoms with van der Waals surface area (Å²) in [6, 6.07) is 6.43. The molecule has 1 aromatic heterocycles. The first-order chi connectivity index (χ1) is 9.93. The van der Waals surface area contributed by atoms with Crippen molar-refractivity contribution in [1.82, 2.24) is 4.98 Å². The number of ketones is 1.